The minimum atomic E-state index is -3.72. The predicted octanol–water partition coefficient (Wildman–Crippen LogP) is 22.9. The number of nitrogens with zero attached hydrogens (tertiary/aromatic N) is 3. The van der Waals surface area contributed by atoms with Gasteiger partial charge in [0.2, 0.25) is 0 Å². The summed E-state index contributed by atoms with van der Waals surface area (Å²) >= 11 is 0. The molecule has 0 bridgehead atoms. The fourth-order valence-corrected chi connectivity index (χ4v) is 29.8. The molecule has 0 amide bonds. The number of para-hydroxylation sites is 3. The summed E-state index contributed by atoms with van der Waals surface area (Å²) in [4.78, 5) is 4.99. The fourth-order valence-electron chi connectivity index (χ4n) is 20.0. The average Bonchev–Trinajstić information content (AvgIpc) is 0.706. The fraction of sp³-hybridized carbons (Fsp3) is 0.0339. The predicted molar refractivity (Wildman–Crippen MR) is 533 cm³/mol. The molecule has 0 saturated heterocycles. The van der Waals surface area contributed by atoms with E-state index < -0.39 is 59.1 Å². The minimum absolute atomic E-state index is 0.000564. The Kier molecular flexibility index (Phi) is 16.9. The molecule has 0 atom stereocenters. The molecule has 1 aromatic heterocycles. The minimum Gasteiger partial charge on any atom is -0.311 e. The van der Waals surface area contributed by atoms with Crippen LogP contribution in [0.2, 0.25) is 0 Å². The Labute approximate surface area is 740 Å². The first-order valence-electron chi connectivity index (χ1n) is 46.6. The van der Waals surface area contributed by atoms with E-state index >= 15 is 0 Å². The van der Waals surface area contributed by atoms with Gasteiger partial charge in [-0.05, 0) is 185 Å². The molecule has 124 heavy (non-hydrogen) atoms. The van der Waals surface area contributed by atoms with Gasteiger partial charge in [0.15, 0.2) is 16.1 Å². The molecule has 0 fully saturated rings. The van der Waals surface area contributed by atoms with Gasteiger partial charge in [-0.1, -0.05) is 439 Å². The zero-order valence-corrected chi connectivity index (χ0v) is 70.9. The van der Waals surface area contributed by atoms with Crippen molar-refractivity contribution in [2.45, 2.75) is 26.2 Å². The molecule has 0 aliphatic carbocycles. The highest BCUT2D eigenvalue weighted by Crippen LogP contribution is 2.51. The van der Waals surface area contributed by atoms with Crippen LogP contribution in [0.25, 0.3) is 94.3 Å². The topological polar surface area (TPSA) is 11.4 Å². The molecule has 20 aromatic rings. The summed E-state index contributed by atoms with van der Waals surface area (Å²) in [6.07, 6.45) is 0. The maximum absolute atomic E-state index is 10.0. The van der Waals surface area contributed by atoms with Crippen molar-refractivity contribution >= 4 is 137 Å². The Hall–Kier alpha value is -14.9. The Morgan fingerprint density at radius 3 is 1.09 bits per heavy atom. The number of rotatable bonds is 17. The number of benzene rings is 19. The van der Waals surface area contributed by atoms with Gasteiger partial charge in [0.1, 0.15) is 0 Å². The molecule has 0 saturated carbocycles. The van der Waals surface area contributed by atoms with Gasteiger partial charge in [0.05, 0.1) is 33.4 Å². The van der Waals surface area contributed by atoms with Crippen LogP contribution in [0.4, 0.5) is 34.1 Å². The smallest absolute Gasteiger partial charge is 0.252 e. The van der Waals surface area contributed by atoms with E-state index in [1.807, 2.05) is 12.1 Å². The lowest BCUT2D eigenvalue weighted by atomic mass is 9.33. The van der Waals surface area contributed by atoms with Crippen molar-refractivity contribution in [2.24, 2.45) is 0 Å². The van der Waals surface area contributed by atoms with Crippen LogP contribution in [-0.4, -0.2) is 27.4 Å². The van der Waals surface area contributed by atoms with Crippen molar-refractivity contribution in [1.29, 1.82) is 0 Å². The third-order valence-corrected chi connectivity index (χ3v) is 35.1. The number of hydrogen-bond donors (Lipinski definition) is 0. The van der Waals surface area contributed by atoms with Crippen molar-refractivity contribution in [3.8, 4) is 72.4 Å². The highest BCUT2D eigenvalue weighted by molar-refractivity contribution is 7.22. The summed E-state index contributed by atoms with van der Waals surface area (Å²) in [6.45, 7) is 6.31. The second-order valence-corrected chi connectivity index (χ2v) is 41.2. The van der Waals surface area contributed by atoms with Gasteiger partial charge < -0.3 is 14.4 Å². The molecular formula is C118H88BN3Si2. The van der Waals surface area contributed by atoms with E-state index in [0.29, 0.717) is 5.69 Å². The second kappa shape index (κ2) is 31.3. The molecule has 0 radical (unpaired) electrons. The second-order valence-electron chi connectivity index (χ2n) is 33.6. The van der Waals surface area contributed by atoms with Crippen LogP contribution in [0.1, 0.15) is 37.3 Å². The zero-order valence-electron chi connectivity index (χ0n) is 76.9. The maximum atomic E-state index is 10.0. The van der Waals surface area contributed by atoms with Crippen molar-refractivity contribution in [3.63, 3.8) is 0 Å². The van der Waals surface area contributed by atoms with Gasteiger partial charge in [-0.2, -0.15) is 0 Å². The van der Waals surface area contributed by atoms with Gasteiger partial charge in [-0.25, -0.2) is 0 Å². The molecule has 6 heteroatoms. The Bertz CT molecular complexity index is 7560. The van der Waals surface area contributed by atoms with Crippen LogP contribution in [-0.2, 0) is 5.41 Å². The molecular weight excluding hydrogens is 1530 g/mol. The lowest BCUT2D eigenvalue weighted by Crippen LogP contribution is -2.78. The SMILES string of the molecule is [2H]c1c([2H])c([2H])c2c(c1[2H])c1c([2H])c([2H])c([2H])c([2H])c1n2-c1ccc2c(c1)N(c1ccccc1-c1ccccc1)c1cc(-c3cc([Si](c4ccccc4)(c4ccccc4)c4cccc(-c5ccccc5)c4)cc([Si](c4ccccc4)(c4ccccc4)c4cccc(-c5ccccc5)c4)c3)cc3c1B2c1cc(-c2ccccc2)ccc1N3c1ccc(C(C)(C)C)cc1-c1ccccc1. The molecule has 2 aliphatic heterocycles. The van der Waals surface area contributed by atoms with Crippen LogP contribution in [0.15, 0.2) is 479 Å². The molecule has 3 heterocycles. The first kappa shape index (κ1) is 66.8. The van der Waals surface area contributed by atoms with Gasteiger partial charge in [-0.3, -0.25) is 0 Å². The lowest BCUT2D eigenvalue weighted by molar-refractivity contribution is 0.590. The van der Waals surface area contributed by atoms with Gasteiger partial charge in [-0.15, -0.1) is 0 Å². The highest BCUT2D eigenvalue weighted by Gasteiger charge is 2.49. The van der Waals surface area contributed by atoms with E-state index in [9.17, 15) is 11.0 Å². The number of aromatic nitrogens is 1. The van der Waals surface area contributed by atoms with Crippen LogP contribution >= 0.6 is 0 Å². The molecule has 19 aromatic carbocycles. The first-order chi connectivity index (χ1) is 64.5. The standard InChI is InChI=1S/C118H88BN3Si2/c1-118(2,3)93-68-72-112(106(80-93)87-47-21-8-22-48-87)121-113-71-67-90(85-43-17-6-18-44-85)77-108(113)119-107-70-69-94(120-110-65-35-32-62-104(110)105-63-33-36-66-111(105)120)81-114(107)122(109-64-34-31-61-103(109)86-45-19-7-20-46-86)116-79-92(78-115(121)117(116)119)91-75-101(123(95-51-23-9-24-52-95,96-53-25-10-26-54-96)99-59-37-49-88(73-99)83-39-13-4-14-40-83)82-102(76-91)124(97-55-27-11-28-56-97,98-57-29-12-30-58-98)100-60-38-50-89(74-100)84-41-15-5-16-42-84/h4-82H,1-3H3/i32D,33D,35D,36D,62D,63D,65D,66D. The molecule has 0 N–H and O–H groups in total. The quantitative estimate of drug-likeness (QED) is 0.0665. The van der Waals surface area contributed by atoms with Crippen molar-refractivity contribution in [2.75, 3.05) is 9.80 Å². The lowest BCUT2D eigenvalue weighted by Gasteiger charge is -2.45. The van der Waals surface area contributed by atoms with Crippen LogP contribution in [0.3, 0.4) is 0 Å². The van der Waals surface area contributed by atoms with Crippen LogP contribution < -0.4 is 67.7 Å². The summed E-state index contributed by atoms with van der Waals surface area (Å²) in [5, 5.41) is 9.60. The largest absolute Gasteiger partial charge is 0.311 e. The third kappa shape index (κ3) is 12.8. The molecule has 2 aliphatic rings. The molecule has 22 rings (SSSR count). The monoisotopic (exact) mass is 1620 g/mol. The van der Waals surface area contributed by atoms with Crippen LogP contribution in [0.5, 0.6) is 0 Å². The first-order valence-corrected chi connectivity index (χ1v) is 46.6. The number of hydrogen-bond acceptors (Lipinski definition) is 2. The summed E-state index contributed by atoms with van der Waals surface area (Å²) < 4.78 is 78.4. The van der Waals surface area contributed by atoms with E-state index in [2.05, 4.69) is 449 Å². The van der Waals surface area contributed by atoms with Gasteiger partial charge in [0, 0.05) is 50.3 Å². The Morgan fingerprint density at radius 2 is 0.613 bits per heavy atom. The molecule has 0 unspecified atom stereocenters. The Balaban J connectivity index is 0.948. The summed E-state index contributed by atoms with van der Waals surface area (Å²) in [5.74, 6) is 0. The zero-order chi connectivity index (χ0) is 89.8. The normalized spacial score (nSPS) is 13.3. The Morgan fingerprint density at radius 1 is 0.242 bits per heavy atom. The number of anilines is 6. The summed E-state index contributed by atoms with van der Waals surface area (Å²) in [5.41, 5.74) is 22.1. The molecule has 3 nitrogen and oxygen atoms in total. The maximum Gasteiger partial charge on any atom is 0.252 e. The molecule has 0 spiro atoms. The molecule has 586 valence electrons. The van der Waals surface area contributed by atoms with E-state index in [-0.39, 0.29) is 39.3 Å². The van der Waals surface area contributed by atoms with Crippen molar-refractivity contribution < 1.29 is 11.0 Å². The van der Waals surface area contributed by atoms with Gasteiger partial charge in [0.25, 0.3) is 6.71 Å². The average molecular weight is 1620 g/mol. The van der Waals surface area contributed by atoms with Crippen molar-refractivity contribution in [1.82, 2.24) is 4.57 Å². The highest BCUT2D eigenvalue weighted by atomic mass is 28.3. The van der Waals surface area contributed by atoms with E-state index in [0.717, 1.165) is 117 Å². The van der Waals surface area contributed by atoms with Gasteiger partial charge >= 0.3 is 0 Å². The van der Waals surface area contributed by atoms with Crippen LogP contribution in [0, 0.1) is 0 Å². The van der Waals surface area contributed by atoms with E-state index in [1.54, 1.807) is 4.57 Å². The third-order valence-electron chi connectivity index (χ3n) is 25.6. The van der Waals surface area contributed by atoms with Crippen molar-refractivity contribution in [3.05, 3.63) is 485 Å². The summed E-state index contributed by atoms with van der Waals surface area (Å²) in [7, 11) is -7.45. The van der Waals surface area contributed by atoms with E-state index in [1.165, 1.54) is 47.1 Å². The summed E-state index contributed by atoms with van der Waals surface area (Å²) in [6, 6.07) is 156. The van der Waals surface area contributed by atoms with E-state index in [4.69, 9.17) is 0 Å². The number of fused-ring (bicyclic) bond motifs is 7.